The molecule has 4 heteroatoms. The van der Waals surface area contributed by atoms with E-state index in [1.807, 2.05) is 24.3 Å². The molecule has 1 N–H and O–H groups in total. The molecule has 0 aromatic heterocycles. The van der Waals surface area contributed by atoms with Gasteiger partial charge < -0.3 is 9.84 Å². The fraction of sp³-hybridized carbons (Fsp3) is 0.222. The molecule has 0 heterocycles. The molecule has 0 aliphatic heterocycles. The van der Waals surface area contributed by atoms with Gasteiger partial charge in [0.15, 0.2) is 0 Å². The second-order valence-corrected chi connectivity index (χ2v) is 3.76. The molecule has 1 aromatic carbocycles. The largest absolute Gasteiger partial charge is 0.480 e. The lowest BCUT2D eigenvalue weighted by Gasteiger charge is -2.01. The average Bonchev–Trinajstić information content (AvgIpc) is 2.08. The zero-order valence-electron chi connectivity index (χ0n) is 6.87. The number of aliphatic carboxylic acids is 1. The highest BCUT2D eigenvalue weighted by atomic mass is 127. The van der Waals surface area contributed by atoms with E-state index in [0.29, 0.717) is 6.61 Å². The number of benzene rings is 1. The van der Waals surface area contributed by atoms with Crippen LogP contribution in [-0.2, 0) is 16.1 Å². The van der Waals surface area contributed by atoms with Gasteiger partial charge in [0.1, 0.15) is 6.61 Å². The molecule has 0 saturated carbocycles. The quantitative estimate of drug-likeness (QED) is 0.862. The van der Waals surface area contributed by atoms with Crippen LogP contribution in [0.25, 0.3) is 0 Å². The summed E-state index contributed by atoms with van der Waals surface area (Å²) in [6.07, 6.45) is 0. The monoisotopic (exact) mass is 292 g/mol. The highest BCUT2D eigenvalue weighted by Crippen LogP contribution is 2.07. The maximum Gasteiger partial charge on any atom is 0.329 e. The summed E-state index contributed by atoms with van der Waals surface area (Å²) in [6.45, 7) is 0.106. The zero-order chi connectivity index (χ0) is 9.68. The molecule has 13 heavy (non-hydrogen) atoms. The predicted octanol–water partition coefficient (Wildman–Crippen LogP) is 1.89. The van der Waals surface area contributed by atoms with Crippen LogP contribution in [0.5, 0.6) is 0 Å². The molecule has 1 aromatic rings. The maximum atomic E-state index is 10.1. The summed E-state index contributed by atoms with van der Waals surface area (Å²) in [5.74, 6) is -0.939. The summed E-state index contributed by atoms with van der Waals surface area (Å²) >= 11 is 2.21. The van der Waals surface area contributed by atoms with Crippen molar-refractivity contribution in [3.05, 3.63) is 33.4 Å². The molecule has 0 amide bonds. The van der Waals surface area contributed by atoms with Crippen LogP contribution in [0.15, 0.2) is 24.3 Å². The van der Waals surface area contributed by atoms with Gasteiger partial charge in [-0.25, -0.2) is 4.79 Å². The van der Waals surface area contributed by atoms with Crippen molar-refractivity contribution >= 4 is 28.6 Å². The van der Waals surface area contributed by atoms with Gasteiger partial charge in [-0.2, -0.15) is 0 Å². The summed E-state index contributed by atoms with van der Waals surface area (Å²) in [4.78, 5) is 10.1. The van der Waals surface area contributed by atoms with Gasteiger partial charge in [-0.15, -0.1) is 0 Å². The zero-order valence-corrected chi connectivity index (χ0v) is 9.02. The lowest BCUT2D eigenvalue weighted by molar-refractivity contribution is -0.142. The Balaban J connectivity index is 2.37. The third-order valence-electron chi connectivity index (χ3n) is 1.41. The van der Waals surface area contributed by atoms with E-state index in [1.165, 1.54) is 0 Å². The van der Waals surface area contributed by atoms with Crippen molar-refractivity contribution in [3.8, 4) is 0 Å². The van der Waals surface area contributed by atoms with Gasteiger partial charge in [0.05, 0.1) is 6.61 Å². The number of carbonyl (C=O) groups is 1. The first kappa shape index (κ1) is 10.5. The van der Waals surface area contributed by atoms with Gasteiger partial charge in [-0.1, -0.05) is 12.1 Å². The summed E-state index contributed by atoms with van der Waals surface area (Å²) in [5.41, 5.74) is 0.988. The van der Waals surface area contributed by atoms with E-state index in [9.17, 15) is 4.79 Å². The fourth-order valence-electron chi connectivity index (χ4n) is 0.837. The van der Waals surface area contributed by atoms with Crippen LogP contribution in [0.3, 0.4) is 0 Å². The summed E-state index contributed by atoms with van der Waals surface area (Å²) < 4.78 is 6.07. The highest BCUT2D eigenvalue weighted by molar-refractivity contribution is 14.1. The topological polar surface area (TPSA) is 46.5 Å². The molecule has 0 atom stereocenters. The van der Waals surface area contributed by atoms with E-state index in [4.69, 9.17) is 9.84 Å². The Kier molecular flexibility index (Phi) is 4.17. The van der Waals surface area contributed by atoms with Gasteiger partial charge in [-0.05, 0) is 40.3 Å². The Hall–Kier alpha value is -0.620. The SMILES string of the molecule is O=C(O)COCc1ccc(I)cc1. The van der Waals surface area contributed by atoms with E-state index in [2.05, 4.69) is 22.6 Å². The van der Waals surface area contributed by atoms with Crippen molar-refractivity contribution in [1.82, 2.24) is 0 Å². The second kappa shape index (κ2) is 5.18. The predicted molar refractivity (Wildman–Crippen MR) is 56.5 cm³/mol. The van der Waals surface area contributed by atoms with Gasteiger partial charge in [0.2, 0.25) is 0 Å². The van der Waals surface area contributed by atoms with Crippen LogP contribution in [0.2, 0.25) is 0 Å². The van der Waals surface area contributed by atoms with Gasteiger partial charge in [-0.3, -0.25) is 0 Å². The molecule has 0 bridgehead atoms. The van der Waals surface area contributed by atoms with E-state index < -0.39 is 5.97 Å². The van der Waals surface area contributed by atoms with Crippen LogP contribution < -0.4 is 0 Å². The first-order valence-electron chi connectivity index (χ1n) is 3.72. The highest BCUT2D eigenvalue weighted by Gasteiger charge is 1.97. The maximum absolute atomic E-state index is 10.1. The second-order valence-electron chi connectivity index (χ2n) is 2.51. The van der Waals surface area contributed by atoms with E-state index in [-0.39, 0.29) is 6.61 Å². The molecule has 0 spiro atoms. The van der Waals surface area contributed by atoms with Crippen molar-refractivity contribution in [2.75, 3.05) is 6.61 Å². The van der Waals surface area contributed by atoms with E-state index >= 15 is 0 Å². The minimum absolute atomic E-state index is 0.244. The van der Waals surface area contributed by atoms with Crippen LogP contribution >= 0.6 is 22.6 Å². The average molecular weight is 292 g/mol. The number of carboxylic acids is 1. The minimum Gasteiger partial charge on any atom is -0.480 e. The van der Waals surface area contributed by atoms with Crippen molar-refractivity contribution in [3.63, 3.8) is 0 Å². The third-order valence-corrected chi connectivity index (χ3v) is 2.13. The number of ether oxygens (including phenoxy) is 1. The Morgan fingerprint density at radius 1 is 1.38 bits per heavy atom. The van der Waals surface area contributed by atoms with Crippen LogP contribution in [0, 0.1) is 3.57 Å². The minimum atomic E-state index is -0.939. The van der Waals surface area contributed by atoms with E-state index in [0.717, 1.165) is 9.13 Å². The van der Waals surface area contributed by atoms with Gasteiger partial charge >= 0.3 is 5.97 Å². The lowest BCUT2D eigenvalue weighted by Crippen LogP contribution is -2.06. The molecule has 0 fully saturated rings. The van der Waals surface area contributed by atoms with Crippen LogP contribution in [0.4, 0.5) is 0 Å². The molecule has 0 aliphatic rings. The molecule has 70 valence electrons. The van der Waals surface area contributed by atoms with Crippen molar-refractivity contribution < 1.29 is 14.6 Å². The fourth-order valence-corrected chi connectivity index (χ4v) is 1.20. The van der Waals surface area contributed by atoms with Crippen molar-refractivity contribution in [2.24, 2.45) is 0 Å². The number of rotatable bonds is 4. The molecule has 1 rings (SSSR count). The van der Waals surface area contributed by atoms with Crippen LogP contribution in [0.1, 0.15) is 5.56 Å². The summed E-state index contributed by atoms with van der Waals surface area (Å²) in [7, 11) is 0. The molecule has 3 nitrogen and oxygen atoms in total. The third kappa shape index (κ3) is 4.23. The lowest BCUT2D eigenvalue weighted by atomic mass is 10.2. The standard InChI is InChI=1S/C9H9IO3/c10-8-3-1-7(2-4-8)5-13-6-9(11)12/h1-4H,5-6H2,(H,11,12). The summed E-state index contributed by atoms with van der Waals surface area (Å²) in [5, 5.41) is 8.31. The molecular weight excluding hydrogens is 283 g/mol. The molecule has 0 saturated heterocycles. The molecule has 0 aliphatic carbocycles. The Morgan fingerprint density at radius 2 is 2.00 bits per heavy atom. The van der Waals surface area contributed by atoms with Crippen molar-refractivity contribution in [2.45, 2.75) is 6.61 Å². The number of halogens is 1. The van der Waals surface area contributed by atoms with Crippen LogP contribution in [-0.4, -0.2) is 17.7 Å². The summed E-state index contributed by atoms with van der Waals surface area (Å²) in [6, 6.07) is 7.76. The number of carboxylic acid groups (broad SMARTS) is 1. The Morgan fingerprint density at radius 3 is 2.54 bits per heavy atom. The normalized spacial score (nSPS) is 9.92. The van der Waals surface area contributed by atoms with Gasteiger partial charge in [0.25, 0.3) is 0 Å². The van der Waals surface area contributed by atoms with E-state index in [1.54, 1.807) is 0 Å². The van der Waals surface area contributed by atoms with Gasteiger partial charge in [0, 0.05) is 3.57 Å². The molecule has 0 unspecified atom stereocenters. The Labute approximate surface area is 89.9 Å². The Bertz CT molecular complexity index is 281. The first-order valence-corrected chi connectivity index (χ1v) is 4.80. The molecular formula is C9H9IO3. The first-order chi connectivity index (χ1) is 6.18. The smallest absolute Gasteiger partial charge is 0.329 e. The number of hydrogen-bond donors (Lipinski definition) is 1. The number of hydrogen-bond acceptors (Lipinski definition) is 2. The molecule has 0 radical (unpaired) electrons. The van der Waals surface area contributed by atoms with Crippen molar-refractivity contribution in [1.29, 1.82) is 0 Å².